The zero-order valence-electron chi connectivity index (χ0n) is 12.7. The topological polar surface area (TPSA) is 43.1 Å². The maximum Gasteiger partial charge on any atom is 0.249 e. The Hall–Kier alpha value is -2.42. The monoisotopic (exact) mass is 295 g/mol. The van der Waals surface area contributed by atoms with Gasteiger partial charge in [-0.1, -0.05) is 43.4 Å². The molecule has 0 fully saturated rings. The number of nitrogens with two attached hydrogens (primary N) is 1. The van der Waals surface area contributed by atoms with E-state index in [1.807, 2.05) is 26.0 Å². The molecule has 3 rings (SSSR count). The van der Waals surface area contributed by atoms with E-state index in [9.17, 15) is 9.18 Å². The van der Waals surface area contributed by atoms with Gasteiger partial charge in [0.15, 0.2) is 0 Å². The molecule has 0 bridgehead atoms. The lowest BCUT2D eigenvalue weighted by molar-refractivity contribution is -0.114. The van der Waals surface area contributed by atoms with Gasteiger partial charge in [-0.15, -0.1) is 0 Å². The first-order chi connectivity index (χ1) is 10.4. The minimum Gasteiger partial charge on any atom is -0.366 e. The fraction of sp³-hybridized carbons (Fsp3) is 0.211. The third-order valence-electron chi connectivity index (χ3n) is 4.37. The van der Waals surface area contributed by atoms with Gasteiger partial charge in [-0.2, -0.15) is 0 Å². The summed E-state index contributed by atoms with van der Waals surface area (Å²) in [6.07, 6.45) is 6.25. The molecule has 1 aromatic rings. The fourth-order valence-corrected chi connectivity index (χ4v) is 3.14. The summed E-state index contributed by atoms with van der Waals surface area (Å²) in [6.45, 7) is 8.11. The van der Waals surface area contributed by atoms with Crippen molar-refractivity contribution < 1.29 is 9.18 Å². The van der Waals surface area contributed by atoms with Gasteiger partial charge < -0.3 is 5.73 Å². The van der Waals surface area contributed by atoms with Crippen molar-refractivity contribution in [1.29, 1.82) is 0 Å². The van der Waals surface area contributed by atoms with Gasteiger partial charge >= 0.3 is 0 Å². The number of carbonyl (C=O) groups is 1. The van der Waals surface area contributed by atoms with Crippen LogP contribution in [0.4, 0.5) is 4.39 Å². The van der Waals surface area contributed by atoms with Crippen molar-refractivity contribution in [2.24, 2.45) is 11.7 Å². The molecule has 0 spiro atoms. The van der Waals surface area contributed by atoms with E-state index >= 15 is 0 Å². The third-order valence-corrected chi connectivity index (χ3v) is 4.37. The lowest BCUT2D eigenvalue weighted by Crippen LogP contribution is -2.18. The van der Waals surface area contributed by atoms with Gasteiger partial charge in [0.1, 0.15) is 5.82 Å². The molecule has 0 radical (unpaired) electrons. The van der Waals surface area contributed by atoms with Crippen LogP contribution in [-0.4, -0.2) is 5.91 Å². The Morgan fingerprint density at radius 1 is 1.41 bits per heavy atom. The van der Waals surface area contributed by atoms with Crippen LogP contribution in [0, 0.1) is 11.7 Å². The Labute approximate surface area is 129 Å². The number of halogens is 1. The highest BCUT2D eigenvalue weighted by Gasteiger charge is 2.26. The van der Waals surface area contributed by atoms with Gasteiger partial charge in [0.25, 0.3) is 0 Å². The minimum atomic E-state index is -0.490. The summed E-state index contributed by atoms with van der Waals surface area (Å²) in [5.41, 5.74) is 11.0. The summed E-state index contributed by atoms with van der Waals surface area (Å²) in [7, 11) is 0. The van der Waals surface area contributed by atoms with Crippen LogP contribution < -0.4 is 5.73 Å². The molecule has 112 valence electrons. The molecule has 22 heavy (non-hydrogen) atoms. The number of benzene rings is 1. The molecule has 0 saturated heterocycles. The molecular formula is C19H18FNO. The molecule has 3 heteroatoms. The number of primary amides is 1. The van der Waals surface area contributed by atoms with Crippen LogP contribution in [0.3, 0.4) is 0 Å². The van der Waals surface area contributed by atoms with Crippen molar-refractivity contribution in [3.05, 3.63) is 70.1 Å². The maximum absolute atomic E-state index is 14.1. The second-order valence-corrected chi connectivity index (χ2v) is 5.98. The third kappa shape index (κ3) is 2.13. The smallest absolute Gasteiger partial charge is 0.249 e. The van der Waals surface area contributed by atoms with Crippen molar-refractivity contribution in [1.82, 2.24) is 0 Å². The van der Waals surface area contributed by atoms with Crippen molar-refractivity contribution >= 4 is 17.6 Å². The number of carbonyl (C=O) groups excluding carboxylic acids is 1. The molecule has 2 aliphatic rings. The van der Waals surface area contributed by atoms with E-state index in [1.165, 1.54) is 6.07 Å². The Kier molecular flexibility index (Phi) is 3.36. The van der Waals surface area contributed by atoms with E-state index in [0.29, 0.717) is 17.6 Å². The predicted octanol–water partition coefficient (Wildman–Crippen LogP) is 3.79. The van der Waals surface area contributed by atoms with Crippen LogP contribution in [-0.2, 0) is 11.2 Å². The molecule has 0 heterocycles. The highest BCUT2D eigenvalue weighted by molar-refractivity contribution is 6.08. The zero-order valence-corrected chi connectivity index (χ0v) is 12.7. The summed E-state index contributed by atoms with van der Waals surface area (Å²) >= 11 is 0. The maximum atomic E-state index is 14.1. The summed E-state index contributed by atoms with van der Waals surface area (Å²) < 4.78 is 14.1. The first kappa shape index (κ1) is 14.5. The second kappa shape index (κ2) is 5.09. The Balaban J connectivity index is 2.30. The number of allylic oxidation sites excluding steroid dienone is 4. The summed E-state index contributed by atoms with van der Waals surface area (Å²) in [6, 6.07) is 3.18. The molecule has 0 saturated carbocycles. The summed E-state index contributed by atoms with van der Waals surface area (Å²) in [5.74, 6) is -0.584. The number of amides is 1. The fourth-order valence-electron chi connectivity index (χ4n) is 3.14. The van der Waals surface area contributed by atoms with Crippen LogP contribution in [0.15, 0.2) is 47.6 Å². The molecule has 2 N–H and O–H groups in total. The number of fused-ring (bicyclic) bond motifs is 1. The van der Waals surface area contributed by atoms with Gasteiger partial charge in [0.05, 0.1) is 0 Å². The normalized spacial score (nSPS) is 20.2. The van der Waals surface area contributed by atoms with Gasteiger partial charge in [-0.3, -0.25) is 4.79 Å². The average molecular weight is 295 g/mol. The van der Waals surface area contributed by atoms with E-state index in [-0.39, 0.29) is 11.7 Å². The van der Waals surface area contributed by atoms with Crippen LogP contribution >= 0.6 is 0 Å². The number of hydrogen-bond donors (Lipinski definition) is 1. The van der Waals surface area contributed by atoms with Crippen molar-refractivity contribution in [3.63, 3.8) is 0 Å². The Morgan fingerprint density at radius 2 is 2.14 bits per heavy atom. The van der Waals surface area contributed by atoms with Crippen LogP contribution in [0.5, 0.6) is 0 Å². The predicted molar refractivity (Wildman–Crippen MR) is 87.3 cm³/mol. The number of rotatable bonds is 2. The highest BCUT2D eigenvalue weighted by Crippen LogP contribution is 2.40. The van der Waals surface area contributed by atoms with Gasteiger partial charge in [-0.25, -0.2) is 4.39 Å². The summed E-state index contributed by atoms with van der Waals surface area (Å²) in [4.78, 5) is 11.8. The minimum absolute atomic E-state index is 0.116. The molecule has 0 aromatic heterocycles. The van der Waals surface area contributed by atoms with Crippen LogP contribution in [0.1, 0.15) is 30.5 Å². The first-order valence-electron chi connectivity index (χ1n) is 7.30. The SMILES string of the molecule is C=C1C(c2ccc(F)c3c2C=C(C)C3)=C(C(N)=O)C=CC1C. The molecular weight excluding hydrogens is 277 g/mol. The zero-order chi connectivity index (χ0) is 16.0. The van der Waals surface area contributed by atoms with E-state index < -0.39 is 5.91 Å². The highest BCUT2D eigenvalue weighted by atomic mass is 19.1. The molecule has 2 nitrogen and oxygen atoms in total. The molecule has 2 aliphatic carbocycles. The lowest BCUT2D eigenvalue weighted by Gasteiger charge is -2.23. The van der Waals surface area contributed by atoms with Gasteiger partial charge in [0, 0.05) is 5.57 Å². The van der Waals surface area contributed by atoms with Crippen LogP contribution in [0.2, 0.25) is 0 Å². The largest absolute Gasteiger partial charge is 0.366 e. The molecule has 1 aromatic carbocycles. The molecule has 0 aliphatic heterocycles. The molecule has 1 amide bonds. The second-order valence-electron chi connectivity index (χ2n) is 5.98. The number of hydrogen-bond acceptors (Lipinski definition) is 1. The van der Waals surface area contributed by atoms with Crippen molar-refractivity contribution in [2.75, 3.05) is 0 Å². The van der Waals surface area contributed by atoms with E-state index in [1.54, 1.807) is 12.1 Å². The van der Waals surface area contributed by atoms with Gasteiger partial charge in [0.2, 0.25) is 5.91 Å². The van der Waals surface area contributed by atoms with E-state index in [4.69, 9.17) is 5.73 Å². The van der Waals surface area contributed by atoms with E-state index in [0.717, 1.165) is 27.8 Å². The van der Waals surface area contributed by atoms with Crippen molar-refractivity contribution in [2.45, 2.75) is 20.3 Å². The first-order valence-corrected chi connectivity index (χ1v) is 7.30. The molecule has 1 unspecified atom stereocenters. The standard InChI is InChI=1S/C19H18FNO/c1-10-8-15-13(6-7-17(20)16(15)9-10)18-12(3)11(2)4-5-14(18)19(21)22/h4-8,11H,3,9H2,1-2H3,(H2,21,22). The quantitative estimate of drug-likeness (QED) is 0.886. The van der Waals surface area contributed by atoms with Crippen molar-refractivity contribution in [3.8, 4) is 0 Å². The average Bonchev–Trinajstić information content (AvgIpc) is 2.85. The summed E-state index contributed by atoms with van der Waals surface area (Å²) in [5, 5.41) is 0. The van der Waals surface area contributed by atoms with Gasteiger partial charge in [-0.05, 0) is 53.2 Å². The lowest BCUT2D eigenvalue weighted by atomic mass is 9.80. The Bertz CT molecular complexity index is 796. The molecule has 1 atom stereocenters. The van der Waals surface area contributed by atoms with Crippen LogP contribution in [0.25, 0.3) is 11.6 Å². The Morgan fingerprint density at radius 3 is 2.82 bits per heavy atom. The van der Waals surface area contributed by atoms with E-state index in [2.05, 4.69) is 6.58 Å².